The zero-order chi connectivity index (χ0) is 19.2. The van der Waals surface area contributed by atoms with Crippen LogP contribution in [0, 0.1) is 0 Å². The molecule has 27 heavy (non-hydrogen) atoms. The lowest BCUT2D eigenvalue weighted by molar-refractivity contribution is 0.0951. The van der Waals surface area contributed by atoms with Crippen LogP contribution >= 0.6 is 12.4 Å². The molecule has 1 aliphatic heterocycles. The normalized spacial score (nSPS) is 14.7. The number of hydrogen-bond donors (Lipinski definition) is 2. The van der Waals surface area contributed by atoms with Gasteiger partial charge in [0.15, 0.2) is 0 Å². The molecule has 1 saturated heterocycles. The number of hydrogen-bond acceptors (Lipinski definition) is 6. The van der Waals surface area contributed by atoms with E-state index in [9.17, 15) is 13.2 Å². The average molecular weight is 421 g/mol. The zero-order valence-corrected chi connectivity index (χ0v) is 17.4. The quantitative estimate of drug-likeness (QED) is 0.599. The van der Waals surface area contributed by atoms with Crippen LogP contribution in [0.1, 0.15) is 23.2 Å². The summed E-state index contributed by atoms with van der Waals surface area (Å²) in [5.74, 6) is -0.278. The summed E-state index contributed by atoms with van der Waals surface area (Å²) < 4.78 is 31.4. The van der Waals surface area contributed by atoms with E-state index in [1.807, 2.05) is 4.90 Å². The first kappa shape index (κ1) is 23.6. The van der Waals surface area contributed by atoms with Gasteiger partial charge in [-0.1, -0.05) is 0 Å². The molecular formula is C17H29ClN4O4S. The van der Waals surface area contributed by atoms with E-state index in [0.29, 0.717) is 45.0 Å². The van der Waals surface area contributed by atoms with Gasteiger partial charge in [0.05, 0.1) is 23.7 Å². The van der Waals surface area contributed by atoms with Crippen molar-refractivity contribution < 1.29 is 17.9 Å². The fourth-order valence-electron chi connectivity index (χ4n) is 2.71. The van der Waals surface area contributed by atoms with Gasteiger partial charge in [-0.15, -0.1) is 12.4 Å². The fourth-order valence-corrected chi connectivity index (χ4v) is 3.64. The molecule has 0 atom stereocenters. The molecule has 0 spiro atoms. The number of carbonyl (C=O) groups excluding carboxylic acids is 1. The number of amides is 1. The van der Waals surface area contributed by atoms with Crippen molar-refractivity contribution in [2.45, 2.75) is 17.7 Å². The Labute approximate surface area is 167 Å². The summed E-state index contributed by atoms with van der Waals surface area (Å²) in [6.07, 6.45) is 1.61. The van der Waals surface area contributed by atoms with E-state index < -0.39 is 10.0 Å². The van der Waals surface area contributed by atoms with Gasteiger partial charge in [-0.05, 0) is 37.6 Å². The van der Waals surface area contributed by atoms with E-state index in [0.717, 1.165) is 22.8 Å². The van der Waals surface area contributed by atoms with Crippen LogP contribution in [0.4, 0.5) is 5.69 Å². The summed E-state index contributed by atoms with van der Waals surface area (Å²) in [5, 5.41) is 2.86. The van der Waals surface area contributed by atoms with Crippen molar-refractivity contribution in [3.8, 4) is 0 Å². The first-order valence-electron chi connectivity index (χ1n) is 8.75. The van der Waals surface area contributed by atoms with Crippen LogP contribution in [0.5, 0.6) is 0 Å². The Kier molecular flexibility index (Phi) is 9.48. The van der Waals surface area contributed by atoms with Crippen molar-refractivity contribution in [1.82, 2.24) is 9.62 Å². The number of unbranched alkanes of at least 4 members (excludes halogenated alkanes) is 1. The van der Waals surface area contributed by atoms with E-state index in [2.05, 4.69) is 5.32 Å². The van der Waals surface area contributed by atoms with Crippen molar-refractivity contribution in [2.24, 2.45) is 5.73 Å². The predicted octanol–water partition coefficient (Wildman–Crippen LogP) is 0.664. The van der Waals surface area contributed by atoms with Crippen LogP contribution < -0.4 is 16.0 Å². The summed E-state index contributed by atoms with van der Waals surface area (Å²) in [4.78, 5) is 14.9. The van der Waals surface area contributed by atoms with Crippen molar-refractivity contribution in [2.75, 3.05) is 58.4 Å². The number of sulfonamides is 1. The maximum Gasteiger partial charge on any atom is 0.253 e. The SMILES string of the molecule is CN(C)S(=O)(=O)c1ccc(N2CCOCC2)c(C(=O)NCCCCN)c1.Cl. The molecule has 0 bridgehead atoms. The standard InChI is InChI=1S/C17H28N4O4S.ClH/c1-20(2)26(23,24)14-5-6-16(21-9-11-25-12-10-21)15(13-14)17(22)19-8-4-3-7-18;/h5-6,13H,3-4,7-12,18H2,1-2H3,(H,19,22);1H. The molecule has 2 rings (SSSR count). The van der Waals surface area contributed by atoms with E-state index in [1.165, 1.54) is 20.2 Å². The zero-order valence-electron chi connectivity index (χ0n) is 15.8. The van der Waals surface area contributed by atoms with Crippen molar-refractivity contribution in [3.63, 3.8) is 0 Å². The number of nitrogens with one attached hydrogen (secondary N) is 1. The van der Waals surface area contributed by atoms with Gasteiger partial charge >= 0.3 is 0 Å². The maximum atomic E-state index is 12.7. The summed E-state index contributed by atoms with van der Waals surface area (Å²) in [7, 11) is -0.676. The van der Waals surface area contributed by atoms with E-state index >= 15 is 0 Å². The highest BCUT2D eigenvalue weighted by Gasteiger charge is 2.24. The molecule has 8 nitrogen and oxygen atoms in total. The minimum atomic E-state index is -3.62. The number of morpholine rings is 1. The molecule has 10 heteroatoms. The molecule has 1 fully saturated rings. The first-order valence-corrected chi connectivity index (χ1v) is 10.2. The van der Waals surface area contributed by atoms with Crippen LogP contribution in [-0.4, -0.2) is 72.1 Å². The predicted molar refractivity (Wildman–Crippen MR) is 108 cm³/mol. The highest BCUT2D eigenvalue weighted by molar-refractivity contribution is 7.89. The average Bonchev–Trinajstić information content (AvgIpc) is 2.65. The summed E-state index contributed by atoms with van der Waals surface area (Å²) in [6, 6.07) is 4.71. The van der Waals surface area contributed by atoms with Crippen LogP contribution in [0.2, 0.25) is 0 Å². The molecule has 1 aliphatic rings. The second-order valence-corrected chi connectivity index (χ2v) is 8.47. The lowest BCUT2D eigenvalue weighted by Crippen LogP contribution is -2.38. The third-order valence-electron chi connectivity index (χ3n) is 4.26. The van der Waals surface area contributed by atoms with Gasteiger partial charge in [0.1, 0.15) is 0 Å². The Morgan fingerprint density at radius 2 is 1.93 bits per heavy atom. The van der Waals surface area contributed by atoms with Crippen molar-refractivity contribution in [3.05, 3.63) is 23.8 Å². The van der Waals surface area contributed by atoms with E-state index in [-0.39, 0.29) is 23.2 Å². The molecule has 0 unspecified atom stereocenters. The highest BCUT2D eigenvalue weighted by atomic mass is 35.5. The molecule has 1 aromatic rings. The molecule has 0 saturated carbocycles. The second kappa shape index (κ2) is 10.8. The van der Waals surface area contributed by atoms with Crippen LogP contribution in [-0.2, 0) is 14.8 Å². The number of benzene rings is 1. The number of rotatable bonds is 8. The molecule has 0 radical (unpaired) electrons. The number of anilines is 1. The molecule has 1 amide bonds. The minimum absolute atomic E-state index is 0. The Balaban J connectivity index is 0.00000364. The highest BCUT2D eigenvalue weighted by Crippen LogP contribution is 2.26. The molecule has 0 aliphatic carbocycles. The van der Waals surface area contributed by atoms with Gasteiger partial charge in [-0.3, -0.25) is 4.79 Å². The second-order valence-electron chi connectivity index (χ2n) is 6.32. The van der Waals surface area contributed by atoms with Gasteiger partial charge in [-0.25, -0.2) is 12.7 Å². The summed E-state index contributed by atoms with van der Waals surface area (Å²) >= 11 is 0. The van der Waals surface area contributed by atoms with Crippen LogP contribution in [0.15, 0.2) is 23.1 Å². The third-order valence-corrected chi connectivity index (χ3v) is 6.07. The monoisotopic (exact) mass is 420 g/mol. The lowest BCUT2D eigenvalue weighted by Gasteiger charge is -2.30. The lowest BCUT2D eigenvalue weighted by atomic mass is 10.1. The Bertz CT molecular complexity index is 722. The molecule has 0 aromatic heterocycles. The third kappa shape index (κ3) is 6.05. The van der Waals surface area contributed by atoms with Gasteiger partial charge in [0.2, 0.25) is 10.0 Å². The number of carbonyl (C=O) groups is 1. The minimum Gasteiger partial charge on any atom is -0.378 e. The van der Waals surface area contributed by atoms with Crippen molar-refractivity contribution >= 4 is 34.0 Å². The molecule has 1 aromatic carbocycles. The largest absolute Gasteiger partial charge is 0.378 e. The number of halogens is 1. The Morgan fingerprint density at radius 3 is 2.52 bits per heavy atom. The smallest absolute Gasteiger partial charge is 0.253 e. The number of ether oxygens (including phenoxy) is 1. The number of nitrogens with zero attached hydrogens (tertiary/aromatic N) is 2. The van der Waals surface area contributed by atoms with E-state index in [4.69, 9.17) is 10.5 Å². The fraction of sp³-hybridized carbons (Fsp3) is 0.588. The van der Waals surface area contributed by atoms with Crippen LogP contribution in [0.3, 0.4) is 0 Å². The number of nitrogens with two attached hydrogens (primary N) is 1. The molecule has 1 heterocycles. The van der Waals surface area contributed by atoms with Crippen LogP contribution in [0.25, 0.3) is 0 Å². The molecule has 154 valence electrons. The first-order chi connectivity index (χ1) is 12.4. The topological polar surface area (TPSA) is 105 Å². The molecular weight excluding hydrogens is 392 g/mol. The maximum absolute atomic E-state index is 12.7. The Morgan fingerprint density at radius 1 is 1.26 bits per heavy atom. The summed E-state index contributed by atoms with van der Waals surface area (Å²) in [5.41, 5.74) is 6.56. The van der Waals surface area contributed by atoms with E-state index in [1.54, 1.807) is 12.1 Å². The van der Waals surface area contributed by atoms with Gasteiger partial charge in [0, 0.05) is 39.4 Å². The van der Waals surface area contributed by atoms with Gasteiger partial charge < -0.3 is 20.7 Å². The molecule has 3 N–H and O–H groups in total. The van der Waals surface area contributed by atoms with Gasteiger partial charge in [0.25, 0.3) is 5.91 Å². The van der Waals surface area contributed by atoms with Gasteiger partial charge in [-0.2, -0.15) is 0 Å². The summed E-state index contributed by atoms with van der Waals surface area (Å²) in [6.45, 7) is 3.56. The van der Waals surface area contributed by atoms with Crippen molar-refractivity contribution in [1.29, 1.82) is 0 Å². The Hall–Kier alpha value is -1.39.